The highest BCUT2D eigenvalue weighted by molar-refractivity contribution is 5.75. The van der Waals surface area contributed by atoms with Gasteiger partial charge in [0, 0.05) is 0 Å². The minimum absolute atomic E-state index is 0.0874. The third-order valence-corrected chi connectivity index (χ3v) is 5.27. The van der Waals surface area contributed by atoms with Crippen molar-refractivity contribution in [1.82, 2.24) is 10.6 Å². The molecule has 2 aliphatic carbocycles. The summed E-state index contributed by atoms with van der Waals surface area (Å²) in [7, 11) is 0. The van der Waals surface area contributed by atoms with E-state index in [1.165, 1.54) is 16.7 Å². The fraction of sp³-hybridized carbons (Fsp3) is 0.632. The van der Waals surface area contributed by atoms with Gasteiger partial charge in [-0.3, -0.25) is 0 Å². The Morgan fingerprint density at radius 2 is 1.96 bits per heavy atom. The Kier molecular flexibility index (Phi) is 4.90. The normalized spacial score (nSPS) is 26.9. The van der Waals surface area contributed by atoms with Crippen LogP contribution in [-0.4, -0.2) is 23.3 Å². The molecule has 1 aromatic rings. The number of aryl methyl sites for hydroxylation is 1. The van der Waals surface area contributed by atoms with Crippen molar-refractivity contribution in [1.29, 1.82) is 0 Å². The lowest BCUT2D eigenvalue weighted by Gasteiger charge is -2.29. The Balaban J connectivity index is 1.63. The standard InChI is InChI=1S/C19H28N2O2/c1-12(2)14-8-7-13-9-10-16(15(13)11-14)20-19(23)21-17-5-3-4-6-18(17)22/h7-8,11-12,16-18,22H,3-6,9-10H2,1-2H3,(H2,20,21,23)/t16?,17-,18-/m0/s1. The van der Waals surface area contributed by atoms with Crippen LogP contribution in [0.4, 0.5) is 4.79 Å². The number of hydrogen-bond acceptors (Lipinski definition) is 2. The van der Waals surface area contributed by atoms with Crippen LogP contribution in [0, 0.1) is 0 Å². The van der Waals surface area contributed by atoms with Crippen LogP contribution in [0.15, 0.2) is 18.2 Å². The number of aliphatic hydroxyl groups excluding tert-OH is 1. The monoisotopic (exact) mass is 316 g/mol. The second-order valence-electron chi connectivity index (χ2n) is 7.28. The van der Waals surface area contributed by atoms with Gasteiger partial charge in [0.2, 0.25) is 0 Å². The first-order valence-corrected chi connectivity index (χ1v) is 8.92. The van der Waals surface area contributed by atoms with Crippen molar-refractivity contribution in [3.63, 3.8) is 0 Å². The number of carbonyl (C=O) groups is 1. The van der Waals surface area contributed by atoms with Gasteiger partial charge in [0.1, 0.15) is 0 Å². The van der Waals surface area contributed by atoms with E-state index in [9.17, 15) is 9.90 Å². The molecule has 0 heterocycles. The number of hydrogen-bond donors (Lipinski definition) is 3. The highest BCUT2D eigenvalue weighted by Crippen LogP contribution is 2.33. The quantitative estimate of drug-likeness (QED) is 0.800. The van der Waals surface area contributed by atoms with Crippen molar-refractivity contribution in [2.75, 3.05) is 0 Å². The number of urea groups is 1. The summed E-state index contributed by atoms with van der Waals surface area (Å²) in [5, 5.41) is 16.1. The number of aliphatic hydroxyl groups is 1. The average Bonchev–Trinajstić information content (AvgIpc) is 2.92. The van der Waals surface area contributed by atoms with E-state index in [4.69, 9.17) is 0 Å². The van der Waals surface area contributed by atoms with Gasteiger partial charge in [0.15, 0.2) is 0 Å². The summed E-state index contributed by atoms with van der Waals surface area (Å²) >= 11 is 0. The maximum Gasteiger partial charge on any atom is 0.315 e. The van der Waals surface area contributed by atoms with Gasteiger partial charge in [-0.05, 0) is 48.3 Å². The van der Waals surface area contributed by atoms with Gasteiger partial charge in [0.05, 0.1) is 18.2 Å². The van der Waals surface area contributed by atoms with Crippen LogP contribution in [0.3, 0.4) is 0 Å². The van der Waals surface area contributed by atoms with Gasteiger partial charge in [-0.2, -0.15) is 0 Å². The van der Waals surface area contributed by atoms with Crippen LogP contribution in [0.25, 0.3) is 0 Å². The number of fused-ring (bicyclic) bond motifs is 1. The van der Waals surface area contributed by atoms with Gasteiger partial charge in [0.25, 0.3) is 0 Å². The largest absolute Gasteiger partial charge is 0.391 e. The second kappa shape index (κ2) is 6.91. The summed E-state index contributed by atoms with van der Waals surface area (Å²) in [5.41, 5.74) is 3.92. The van der Waals surface area contributed by atoms with Gasteiger partial charge in [-0.15, -0.1) is 0 Å². The van der Waals surface area contributed by atoms with Crippen molar-refractivity contribution in [3.05, 3.63) is 34.9 Å². The topological polar surface area (TPSA) is 61.4 Å². The van der Waals surface area contributed by atoms with E-state index in [1.807, 2.05) is 0 Å². The molecule has 0 saturated heterocycles. The Bertz CT molecular complexity index is 570. The number of amides is 2. The van der Waals surface area contributed by atoms with Gasteiger partial charge >= 0.3 is 6.03 Å². The lowest BCUT2D eigenvalue weighted by molar-refractivity contribution is 0.0940. The number of rotatable bonds is 3. The first-order valence-electron chi connectivity index (χ1n) is 8.92. The number of benzene rings is 1. The molecule has 1 saturated carbocycles. The third-order valence-electron chi connectivity index (χ3n) is 5.27. The van der Waals surface area contributed by atoms with Crippen LogP contribution in [0.1, 0.15) is 74.6 Å². The summed E-state index contributed by atoms with van der Waals surface area (Å²) < 4.78 is 0. The molecule has 23 heavy (non-hydrogen) atoms. The summed E-state index contributed by atoms with van der Waals surface area (Å²) in [5.74, 6) is 0.493. The molecule has 2 amide bonds. The van der Waals surface area contributed by atoms with Crippen LogP contribution in [-0.2, 0) is 6.42 Å². The average molecular weight is 316 g/mol. The molecule has 0 aromatic heterocycles. The lowest BCUT2D eigenvalue weighted by atomic mass is 9.93. The van der Waals surface area contributed by atoms with Gasteiger partial charge in [-0.1, -0.05) is 44.9 Å². The SMILES string of the molecule is CC(C)c1ccc2c(c1)C(NC(=O)N[C@H]1CCCC[C@@H]1O)CC2. The minimum Gasteiger partial charge on any atom is -0.391 e. The summed E-state index contributed by atoms with van der Waals surface area (Å²) in [6.45, 7) is 4.38. The van der Waals surface area contributed by atoms with E-state index >= 15 is 0 Å². The van der Waals surface area contributed by atoms with Crippen molar-refractivity contribution in [3.8, 4) is 0 Å². The molecule has 0 bridgehead atoms. The van der Waals surface area contributed by atoms with E-state index in [2.05, 4.69) is 42.7 Å². The van der Waals surface area contributed by atoms with Crippen molar-refractivity contribution in [2.45, 2.75) is 76.5 Å². The molecule has 2 aliphatic rings. The van der Waals surface area contributed by atoms with Crippen molar-refractivity contribution in [2.24, 2.45) is 0 Å². The van der Waals surface area contributed by atoms with Crippen LogP contribution >= 0.6 is 0 Å². The molecular weight excluding hydrogens is 288 g/mol. The highest BCUT2D eigenvalue weighted by Gasteiger charge is 2.28. The second-order valence-corrected chi connectivity index (χ2v) is 7.28. The smallest absolute Gasteiger partial charge is 0.315 e. The Morgan fingerprint density at radius 1 is 1.17 bits per heavy atom. The number of carbonyl (C=O) groups excluding carboxylic acids is 1. The predicted octanol–water partition coefficient (Wildman–Crippen LogP) is 3.40. The summed E-state index contributed by atoms with van der Waals surface area (Å²) in [6.07, 6.45) is 5.35. The van der Waals surface area contributed by atoms with Crippen LogP contribution < -0.4 is 10.6 Å². The lowest BCUT2D eigenvalue weighted by Crippen LogP contribution is -2.49. The van der Waals surface area contributed by atoms with E-state index in [0.717, 1.165) is 38.5 Å². The molecular formula is C19H28N2O2. The first-order chi connectivity index (χ1) is 11.0. The van der Waals surface area contributed by atoms with E-state index in [1.54, 1.807) is 0 Å². The molecule has 4 nitrogen and oxygen atoms in total. The van der Waals surface area contributed by atoms with Crippen molar-refractivity contribution < 1.29 is 9.90 Å². The number of nitrogens with one attached hydrogen (secondary N) is 2. The molecule has 3 rings (SSSR count). The van der Waals surface area contributed by atoms with Crippen LogP contribution in [0.2, 0.25) is 0 Å². The minimum atomic E-state index is -0.405. The molecule has 1 fully saturated rings. The fourth-order valence-electron chi connectivity index (χ4n) is 3.78. The molecule has 3 atom stereocenters. The predicted molar refractivity (Wildman–Crippen MR) is 91.5 cm³/mol. The maximum atomic E-state index is 12.3. The molecule has 0 aliphatic heterocycles. The molecule has 0 radical (unpaired) electrons. The zero-order valence-corrected chi connectivity index (χ0v) is 14.1. The molecule has 126 valence electrons. The first kappa shape index (κ1) is 16.3. The van der Waals surface area contributed by atoms with Gasteiger partial charge in [-0.25, -0.2) is 4.79 Å². The fourth-order valence-corrected chi connectivity index (χ4v) is 3.78. The Hall–Kier alpha value is -1.55. The zero-order chi connectivity index (χ0) is 16.4. The van der Waals surface area contributed by atoms with Crippen molar-refractivity contribution >= 4 is 6.03 Å². The molecule has 1 aromatic carbocycles. The van der Waals surface area contributed by atoms with Gasteiger partial charge < -0.3 is 15.7 Å². The molecule has 4 heteroatoms. The van der Waals surface area contributed by atoms with E-state index in [0.29, 0.717) is 5.92 Å². The molecule has 0 spiro atoms. The third kappa shape index (κ3) is 3.69. The zero-order valence-electron chi connectivity index (χ0n) is 14.1. The Morgan fingerprint density at radius 3 is 2.70 bits per heavy atom. The van der Waals surface area contributed by atoms with Crippen LogP contribution in [0.5, 0.6) is 0 Å². The molecule has 1 unspecified atom stereocenters. The highest BCUT2D eigenvalue weighted by atomic mass is 16.3. The van der Waals surface area contributed by atoms with E-state index < -0.39 is 6.10 Å². The molecule has 3 N–H and O–H groups in total. The summed E-state index contributed by atoms with van der Waals surface area (Å²) in [6, 6.07) is 6.48. The Labute approximate surface area is 138 Å². The van der Waals surface area contributed by atoms with E-state index in [-0.39, 0.29) is 18.1 Å². The summed E-state index contributed by atoms with van der Waals surface area (Å²) in [4.78, 5) is 12.3. The maximum absolute atomic E-state index is 12.3.